The number of amides is 2. The van der Waals surface area contributed by atoms with Gasteiger partial charge in [-0.15, -0.1) is 11.8 Å². The van der Waals surface area contributed by atoms with Crippen molar-refractivity contribution in [3.8, 4) is 0 Å². The minimum atomic E-state index is -0.930. The third-order valence-corrected chi connectivity index (χ3v) is 4.05. The van der Waals surface area contributed by atoms with Gasteiger partial charge in [-0.3, -0.25) is 24.6 Å². The standard InChI is InChI=1S/C12H20N2O5S/c1-2-8-5-10(16)14(12(8)19)4-3-13-9(15)6-20-7-11(17)18/h8-9,13,15H,2-7H2,1H3,(H,17,18)/t8-,9?/m1/s1. The van der Waals surface area contributed by atoms with Gasteiger partial charge in [-0.05, 0) is 6.42 Å². The van der Waals surface area contributed by atoms with Crippen molar-refractivity contribution >= 4 is 29.5 Å². The number of likely N-dealkylation sites (tertiary alicyclic amines) is 1. The monoisotopic (exact) mass is 304 g/mol. The molecule has 0 aromatic rings. The summed E-state index contributed by atoms with van der Waals surface area (Å²) in [6.45, 7) is 2.40. The van der Waals surface area contributed by atoms with Crippen LogP contribution in [0, 0.1) is 5.92 Å². The van der Waals surface area contributed by atoms with Crippen LogP contribution in [0.25, 0.3) is 0 Å². The van der Waals surface area contributed by atoms with Crippen molar-refractivity contribution in [2.24, 2.45) is 5.92 Å². The number of aliphatic carboxylic acids is 1. The number of carboxylic acid groups (broad SMARTS) is 1. The molecule has 114 valence electrons. The molecule has 7 nitrogen and oxygen atoms in total. The highest BCUT2D eigenvalue weighted by atomic mass is 32.2. The summed E-state index contributed by atoms with van der Waals surface area (Å²) in [7, 11) is 0. The number of aliphatic hydroxyl groups excluding tert-OH is 1. The second-order valence-electron chi connectivity index (χ2n) is 4.57. The first-order valence-corrected chi connectivity index (χ1v) is 7.66. The summed E-state index contributed by atoms with van der Waals surface area (Å²) in [4.78, 5) is 35.0. The number of hydrogen-bond donors (Lipinski definition) is 3. The van der Waals surface area contributed by atoms with Gasteiger partial charge >= 0.3 is 5.97 Å². The average Bonchev–Trinajstić information content (AvgIpc) is 2.65. The Labute approximate surface area is 121 Å². The Hall–Kier alpha value is -1.12. The molecule has 0 aliphatic carbocycles. The normalized spacial score (nSPS) is 20.5. The second-order valence-corrected chi connectivity index (χ2v) is 5.60. The molecule has 1 rings (SSSR count). The highest BCUT2D eigenvalue weighted by Crippen LogP contribution is 2.21. The molecule has 1 saturated heterocycles. The topological polar surface area (TPSA) is 107 Å². The van der Waals surface area contributed by atoms with E-state index in [0.29, 0.717) is 13.0 Å². The van der Waals surface area contributed by atoms with E-state index in [1.165, 1.54) is 4.90 Å². The van der Waals surface area contributed by atoms with Gasteiger partial charge in [0.1, 0.15) is 6.23 Å². The Kier molecular flexibility index (Phi) is 6.97. The quantitative estimate of drug-likeness (QED) is 0.389. The van der Waals surface area contributed by atoms with Crippen LogP contribution in [0.2, 0.25) is 0 Å². The number of nitrogens with one attached hydrogen (secondary N) is 1. The fourth-order valence-electron chi connectivity index (χ4n) is 1.97. The van der Waals surface area contributed by atoms with E-state index in [1.807, 2.05) is 6.92 Å². The average molecular weight is 304 g/mol. The summed E-state index contributed by atoms with van der Waals surface area (Å²) in [6, 6.07) is 0. The second kappa shape index (κ2) is 8.23. The minimum absolute atomic E-state index is 0.0694. The number of rotatable bonds is 9. The summed E-state index contributed by atoms with van der Waals surface area (Å²) < 4.78 is 0. The van der Waals surface area contributed by atoms with Gasteiger partial charge in [0.05, 0.1) is 5.75 Å². The maximum Gasteiger partial charge on any atom is 0.313 e. The van der Waals surface area contributed by atoms with E-state index in [9.17, 15) is 19.5 Å². The van der Waals surface area contributed by atoms with Gasteiger partial charge in [-0.2, -0.15) is 0 Å². The van der Waals surface area contributed by atoms with Crippen LogP contribution in [0.4, 0.5) is 0 Å². The summed E-state index contributed by atoms with van der Waals surface area (Å²) in [5.41, 5.74) is 0. The molecule has 0 bridgehead atoms. The maximum atomic E-state index is 11.8. The van der Waals surface area contributed by atoms with Gasteiger partial charge in [0, 0.05) is 31.2 Å². The zero-order valence-corrected chi connectivity index (χ0v) is 12.2. The molecule has 20 heavy (non-hydrogen) atoms. The lowest BCUT2D eigenvalue weighted by molar-refractivity contribution is -0.139. The zero-order valence-electron chi connectivity index (χ0n) is 11.4. The van der Waals surface area contributed by atoms with Crippen LogP contribution in [-0.2, 0) is 14.4 Å². The molecular formula is C12H20N2O5S. The molecule has 1 heterocycles. The van der Waals surface area contributed by atoms with Crippen molar-refractivity contribution in [2.45, 2.75) is 26.0 Å². The largest absolute Gasteiger partial charge is 0.481 e. The smallest absolute Gasteiger partial charge is 0.313 e. The fourth-order valence-corrected chi connectivity index (χ4v) is 2.60. The molecule has 1 aliphatic rings. The van der Waals surface area contributed by atoms with Crippen molar-refractivity contribution in [1.82, 2.24) is 10.2 Å². The number of thioether (sulfide) groups is 1. The molecule has 8 heteroatoms. The van der Waals surface area contributed by atoms with Crippen molar-refractivity contribution in [1.29, 1.82) is 0 Å². The SMILES string of the molecule is CC[C@@H]1CC(=O)N(CCNC(O)CSCC(=O)O)C1=O. The van der Waals surface area contributed by atoms with Crippen LogP contribution in [0.3, 0.4) is 0 Å². The number of hydrogen-bond acceptors (Lipinski definition) is 6. The van der Waals surface area contributed by atoms with Crippen molar-refractivity contribution in [3.63, 3.8) is 0 Å². The lowest BCUT2D eigenvalue weighted by atomic mass is 10.1. The van der Waals surface area contributed by atoms with Crippen LogP contribution in [0.1, 0.15) is 19.8 Å². The van der Waals surface area contributed by atoms with E-state index in [1.54, 1.807) is 0 Å². The molecule has 0 saturated carbocycles. The summed E-state index contributed by atoms with van der Waals surface area (Å²) >= 11 is 1.10. The summed E-state index contributed by atoms with van der Waals surface area (Å²) in [6.07, 6.45) is 0.0732. The third kappa shape index (κ3) is 5.10. The van der Waals surface area contributed by atoms with Gasteiger partial charge < -0.3 is 10.2 Å². The number of carbonyl (C=O) groups is 3. The zero-order chi connectivity index (χ0) is 15.1. The number of imide groups is 1. The van der Waals surface area contributed by atoms with Crippen molar-refractivity contribution in [2.75, 3.05) is 24.6 Å². The van der Waals surface area contributed by atoms with Gasteiger partial charge in [0.25, 0.3) is 0 Å². The van der Waals surface area contributed by atoms with Gasteiger partial charge in [0.2, 0.25) is 11.8 Å². The molecule has 2 amide bonds. The summed E-state index contributed by atoms with van der Waals surface area (Å²) in [5.74, 6) is -1.28. The molecule has 1 fully saturated rings. The number of nitrogens with zero attached hydrogens (tertiary/aromatic N) is 1. The van der Waals surface area contributed by atoms with E-state index < -0.39 is 12.2 Å². The van der Waals surface area contributed by atoms with Gasteiger partial charge in [-0.1, -0.05) is 6.92 Å². The Morgan fingerprint density at radius 1 is 1.55 bits per heavy atom. The lowest BCUT2D eigenvalue weighted by Gasteiger charge is -2.17. The predicted octanol–water partition coefficient (Wildman–Crippen LogP) is -0.503. The lowest BCUT2D eigenvalue weighted by Crippen LogP contribution is -2.40. The molecule has 0 aromatic heterocycles. The van der Waals surface area contributed by atoms with Gasteiger partial charge in [-0.25, -0.2) is 0 Å². The fraction of sp³-hybridized carbons (Fsp3) is 0.750. The first-order chi connectivity index (χ1) is 9.45. The van der Waals surface area contributed by atoms with Crippen molar-refractivity contribution < 1.29 is 24.6 Å². The first-order valence-electron chi connectivity index (χ1n) is 6.50. The Morgan fingerprint density at radius 3 is 2.80 bits per heavy atom. The number of carboxylic acids is 1. The number of aliphatic hydroxyl groups is 1. The third-order valence-electron chi connectivity index (χ3n) is 3.05. The molecule has 0 spiro atoms. The maximum absolute atomic E-state index is 11.8. The van der Waals surface area contributed by atoms with Gasteiger partial charge in [0.15, 0.2) is 0 Å². The van der Waals surface area contributed by atoms with E-state index >= 15 is 0 Å². The molecule has 2 atom stereocenters. The highest BCUT2D eigenvalue weighted by molar-refractivity contribution is 7.99. The van der Waals surface area contributed by atoms with E-state index in [-0.39, 0.29) is 42.2 Å². The van der Waals surface area contributed by atoms with Crippen molar-refractivity contribution in [3.05, 3.63) is 0 Å². The van der Waals surface area contributed by atoms with E-state index in [4.69, 9.17) is 5.11 Å². The Morgan fingerprint density at radius 2 is 2.25 bits per heavy atom. The predicted molar refractivity (Wildman–Crippen MR) is 74.1 cm³/mol. The molecule has 1 unspecified atom stereocenters. The molecule has 3 N–H and O–H groups in total. The molecule has 1 aliphatic heterocycles. The Balaban J connectivity index is 2.22. The Bertz CT molecular complexity index is 377. The molecular weight excluding hydrogens is 284 g/mol. The summed E-state index contributed by atoms with van der Waals surface area (Å²) in [5, 5.41) is 20.8. The minimum Gasteiger partial charge on any atom is -0.481 e. The number of carbonyl (C=O) groups excluding carboxylic acids is 2. The molecule has 0 aromatic carbocycles. The van der Waals surface area contributed by atoms with Crippen LogP contribution in [-0.4, -0.2) is 63.7 Å². The van der Waals surface area contributed by atoms with Crippen LogP contribution < -0.4 is 5.32 Å². The highest BCUT2D eigenvalue weighted by Gasteiger charge is 2.36. The van der Waals surface area contributed by atoms with Crippen LogP contribution in [0.15, 0.2) is 0 Å². The van der Waals surface area contributed by atoms with E-state index in [2.05, 4.69) is 5.32 Å². The first kappa shape index (κ1) is 16.9. The van der Waals surface area contributed by atoms with Crippen LogP contribution in [0.5, 0.6) is 0 Å². The molecule has 0 radical (unpaired) electrons. The van der Waals surface area contributed by atoms with Crippen LogP contribution >= 0.6 is 11.8 Å². The van der Waals surface area contributed by atoms with E-state index in [0.717, 1.165) is 11.8 Å².